The molecule has 0 amide bonds. The summed E-state index contributed by atoms with van der Waals surface area (Å²) in [5.41, 5.74) is 1.34. The van der Waals surface area contributed by atoms with E-state index in [2.05, 4.69) is 29.4 Å². The van der Waals surface area contributed by atoms with Crippen LogP contribution in [-0.2, 0) is 11.2 Å². The summed E-state index contributed by atoms with van der Waals surface area (Å²) in [6.07, 6.45) is 6.25. The summed E-state index contributed by atoms with van der Waals surface area (Å²) >= 11 is 0. The van der Waals surface area contributed by atoms with E-state index in [-0.39, 0.29) is 0 Å². The van der Waals surface area contributed by atoms with E-state index >= 15 is 0 Å². The lowest BCUT2D eigenvalue weighted by atomic mass is 10.1. The number of nitrogens with zero attached hydrogens (tertiary/aromatic N) is 1. The van der Waals surface area contributed by atoms with Crippen LogP contribution in [0.5, 0.6) is 0 Å². The first-order valence-electron chi connectivity index (χ1n) is 5.60. The summed E-state index contributed by atoms with van der Waals surface area (Å²) in [5.74, 6) is 0. The lowest BCUT2D eigenvalue weighted by Gasteiger charge is -2.15. The monoisotopic (exact) mass is 206 g/mol. The topological polar surface area (TPSA) is 34.1 Å². The number of ether oxygens (including phenoxy) is 1. The SMILES string of the molecule is CC1OCCC1NCCc1ccncc1. The van der Waals surface area contributed by atoms with Crippen molar-refractivity contribution < 1.29 is 4.74 Å². The van der Waals surface area contributed by atoms with E-state index in [0.717, 1.165) is 26.0 Å². The molecular formula is C12H18N2O. The largest absolute Gasteiger partial charge is 0.377 e. The number of nitrogens with one attached hydrogen (secondary N) is 1. The molecule has 1 saturated heterocycles. The van der Waals surface area contributed by atoms with E-state index in [9.17, 15) is 0 Å². The van der Waals surface area contributed by atoms with E-state index in [1.54, 1.807) is 0 Å². The summed E-state index contributed by atoms with van der Waals surface area (Å²) in [6, 6.07) is 4.67. The van der Waals surface area contributed by atoms with Gasteiger partial charge in [0.1, 0.15) is 0 Å². The lowest BCUT2D eigenvalue weighted by molar-refractivity contribution is 0.113. The molecule has 2 heterocycles. The van der Waals surface area contributed by atoms with Gasteiger partial charge in [-0.2, -0.15) is 0 Å². The zero-order chi connectivity index (χ0) is 10.5. The molecule has 0 aromatic carbocycles. The van der Waals surface area contributed by atoms with Crippen LogP contribution < -0.4 is 5.32 Å². The van der Waals surface area contributed by atoms with Crippen LogP contribution >= 0.6 is 0 Å². The maximum absolute atomic E-state index is 5.50. The molecule has 1 fully saturated rings. The minimum atomic E-state index is 0.363. The van der Waals surface area contributed by atoms with Crippen LogP contribution in [0, 0.1) is 0 Å². The van der Waals surface area contributed by atoms with Crippen molar-refractivity contribution >= 4 is 0 Å². The predicted octanol–water partition coefficient (Wildman–Crippen LogP) is 1.39. The third kappa shape index (κ3) is 3.01. The molecule has 3 heteroatoms. The molecule has 0 spiro atoms. The minimum Gasteiger partial charge on any atom is -0.377 e. The first-order chi connectivity index (χ1) is 7.36. The van der Waals surface area contributed by atoms with Crippen LogP contribution in [0.4, 0.5) is 0 Å². The van der Waals surface area contributed by atoms with Gasteiger partial charge < -0.3 is 10.1 Å². The Kier molecular flexibility index (Phi) is 3.69. The molecule has 0 bridgehead atoms. The second kappa shape index (κ2) is 5.24. The molecule has 0 saturated carbocycles. The van der Waals surface area contributed by atoms with Gasteiger partial charge in [0.15, 0.2) is 0 Å². The number of hydrogen-bond acceptors (Lipinski definition) is 3. The van der Waals surface area contributed by atoms with Gasteiger partial charge in [0, 0.05) is 25.0 Å². The van der Waals surface area contributed by atoms with Crippen molar-refractivity contribution in [1.29, 1.82) is 0 Å². The minimum absolute atomic E-state index is 0.363. The third-order valence-corrected chi connectivity index (χ3v) is 2.95. The Hall–Kier alpha value is -0.930. The Morgan fingerprint density at radius 1 is 1.47 bits per heavy atom. The van der Waals surface area contributed by atoms with Gasteiger partial charge in [-0.15, -0.1) is 0 Å². The average Bonchev–Trinajstić information content (AvgIpc) is 2.66. The van der Waals surface area contributed by atoms with Gasteiger partial charge in [-0.1, -0.05) is 0 Å². The molecule has 1 N–H and O–H groups in total. The molecule has 1 aromatic rings. The Balaban J connectivity index is 1.71. The summed E-state index contributed by atoms with van der Waals surface area (Å²) < 4.78 is 5.50. The van der Waals surface area contributed by atoms with Gasteiger partial charge in [0.2, 0.25) is 0 Å². The molecule has 1 aliphatic heterocycles. The molecule has 15 heavy (non-hydrogen) atoms. The molecule has 0 radical (unpaired) electrons. The summed E-state index contributed by atoms with van der Waals surface area (Å²) in [7, 11) is 0. The van der Waals surface area contributed by atoms with E-state index in [4.69, 9.17) is 4.74 Å². The van der Waals surface area contributed by atoms with Crippen molar-refractivity contribution in [2.75, 3.05) is 13.2 Å². The molecule has 0 aliphatic carbocycles. The van der Waals surface area contributed by atoms with Gasteiger partial charge in [0.25, 0.3) is 0 Å². The molecule has 2 unspecified atom stereocenters. The average molecular weight is 206 g/mol. The predicted molar refractivity (Wildman–Crippen MR) is 59.8 cm³/mol. The molecular weight excluding hydrogens is 188 g/mol. The zero-order valence-corrected chi connectivity index (χ0v) is 9.15. The first-order valence-corrected chi connectivity index (χ1v) is 5.60. The Morgan fingerprint density at radius 2 is 2.27 bits per heavy atom. The van der Waals surface area contributed by atoms with Crippen molar-refractivity contribution in [2.45, 2.75) is 31.9 Å². The van der Waals surface area contributed by atoms with E-state index in [1.807, 2.05) is 12.4 Å². The van der Waals surface area contributed by atoms with Crippen molar-refractivity contribution in [3.63, 3.8) is 0 Å². The van der Waals surface area contributed by atoms with E-state index in [1.165, 1.54) is 5.56 Å². The molecule has 3 nitrogen and oxygen atoms in total. The molecule has 1 aliphatic rings. The highest BCUT2D eigenvalue weighted by atomic mass is 16.5. The Morgan fingerprint density at radius 3 is 2.93 bits per heavy atom. The highest BCUT2D eigenvalue weighted by molar-refractivity contribution is 5.09. The van der Waals surface area contributed by atoms with Crippen LogP contribution in [-0.4, -0.2) is 30.3 Å². The zero-order valence-electron chi connectivity index (χ0n) is 9.15. The van der Waals surface area contributed by atoms with E-state index < -0.39 is 0 Å². The fourth-order valence-electron chi connectivity index (χ4n) is 1.95. The lowest BCUT2D eigenvalue weighted by Crippen LogP contribution is -2.35. The van der Waals surface area contributed by atoms with Crippen LogP contribution in [0.3, 0.4) is 0 Å². The number of pyridine rings is 1. The molecule has 2 rings (SSSR count). The number of aromatic nitrogens is 1. The first kappa shape index (κ1) is 10.6. The van der Waals surface area contributed by atoms with Crippen LogP contribution in [0.2, 0.25) is 0 Å². The highest BCUT2D eigenvalue weighted by Crippen LogP contribution is 2.12. The highest BCUT2D eigenvalue weighted by Gasteiger charge is 2.22. The van der Waals surface area contributed by atoms with Crippen molar-refractivity contribution in [3.8, 4) is 0 Å². The summed E-state index contributed by atoms with van der Waals surface area (Å²) in [6.45, 7) is 4.05. The van der Waals surface area contributed by atoms with E-state index in [0.29, 0.717) is 12.1 Å². The maximum atomic E-state index is 5.50. The fraction of sp³-hybridized carbons (Fsp3) is 0.583. The van der Waals surface area contributed by atoms with Gasteiger partial charge in [0.05, 0.1) is 6.10 Å². The quantitative estimate of drug-likeness (QED) is 0.808. The molecule has 2 atom stereocenters. The number of rotatable bonds is 4. The Labute approximate surface area is 90.9 Å². The summed E-state index contributed by atoms with van der Waals surface area (Å²) in [4.78, 5) is 4.00. The fourth-order valence-corrected chi connectivity index (χ4v) is 1.95. The van der Waals surface area contributed by atoms with Gasteiger partial charge in [-0.25, -0.2) is 0 Å². The number of hydrogen-bond donors (Lipinski definition) is 1. The van der Waals surface area contributed by atoms with Gasteiger partial charge in [-0.3, -0.25) is 4.98 Å². The van der Waals surface area contributed by atoms with Crippen molar-refractivity contribution in [2.24, 2.45) is 0 Å². The van der Waals surface area contributed by atoms with Crippen LogP contribution in [0.15, 0.2) is 24.5 Å². The summed E-state index contributed by atoms with van der Waals surface area (Å²) in [5, 5.41) is 3.53. The maximum Gasteiger partial charge on any atom is 0.0700 e. The van der Waals surface area contributed by atoms with Crippen LogP contribution in [0.1, 0.15) is 18.9 Å². The second-order valence-corrected chi connectivity index (χ2v) is 4.03. The molecule has 82 valence electrons. The van der Waals surface area contributed by atoms with Gasteiger partial charge in [-0.05, 0) is 44.0 Å². The third-order valence-electron chi connectivity index (χ3n) is 2.95. The second-order valence-electron chi connectivity index (χ2n) is 4.03. The standard InChI is InChI=1S/C12H18N2O/c1-10-12(5-9-15-10)14-8-4-11-2-6-13-7-3-11/h2-3,6-7,10,12,14H,4-5,8-9H2,1H3. The normalized spacial score (nSPS) is 25.7. The molecule has 1 aromatic heterocycles. The van der Waals surface area contributed by atoms with Crippen LogP contribution in [0.25, 0.3) is 0 Å². The Bertz CT molecular complexity index is 289. The van der Waals surface area contributed by atoms with Crippen molar-refractivity contribution in [1.82, 2.24) is 10.3 Å². The smallest absolute Gasteiger partial charge is 0.0700 e. The van der Waals surface area contributed by atoms with Crippen molar-refractivity contribution in [3.05, 3.63) is 30.1 Å². The van der Waals surface area contributed by atoms with Gasteiger partial charge >= 0.3 is 0 Å².